The predicted molar refractivity (Wildman–Crippen MR) is 105 cm³/mol. The van der Waals surface area contributed by atoms with Crippen LogP contribution < -0.4 is 5.32 Å². The molecule has 0 unspecified atom stereocenters. The first-order valence-corrected chi connectivity index (χ1v) is 9.27. The summed E-state index contributed by atoms with van der Waals surface area (Å²) in [5.74, 6) is 0.680. The summed E-state index contributed by atoms with van der Waals surface area (Å²) >= 11 is 7.27. The number of nitrogens with zero attached hydrogens (tertiary/aromatic N) is 3. The van der Waals surface area contributed by atoms with Crippen LogP contribution >= 0.6 is 22.9 Å². The van der Waals surface area contributed by atoms with Gasteiger partial charge in [-0.3, -0.25) is 10.1 Å². The van der Waals surface area contributed by atoms with Crippen molar-refractivity contribution in [2.75, 3.05) is 5.32 Å². The highest BCUT2D eigenvalue weighted by molar-refractivity contribution is 7.14. The van der Waals surface area contributed by atoms with Gasteiger partial charge in [0.2, 0.25) is 11.8 Å². The number of carbonyl (C=O) groups excluding carboxylic acids is 1. The number of nitrogens with one attached hydrogen (secondary N) is 1. The molecule has 0 atom stereocenters. The van der Waals surface area contributed by atoms with E-state index in [0.29, 0.717) is 27.5 Å². The number of amides is 1. The van der Waals surface area contributed by atoms with Crippen molar-refractivity contribution in [2.45, 2.75) is 6.92 Å². The van der Waals surface area contributed by atoms with Gasteiger partial charge >= 0.3 is 0 Å². The molecule has 0 aliphatic heterocycles. The number of aryl methyl sites for hydroxylation is 1. The van der Waals surface area contributed by atoms with E-state index in [1.807, 2.05) is 17.5 Å². The number of rotatable bonds is 4. The molecule has 0 aliphatic carbocycles. The summed E-state index contributed by atoms with van der Waals surface area (Å²) in [7, 11) is 0. The maximum Gasteiger partial charge on any atom is 0.257 e. The first kappa shape index (κ1) is 17.4. The van der Waals surface area contributed by atoms with Gasteiger partial charge in [-0.2, -0.15) is 0 Å². The zero-order chi connectivity index (χ0) is 18.8. The van der Waals surface area contributed by atoms with E-state index in [-0.39, 0.29) is 5.91 Å². The second kappa shape index (κ2) is 7.30. The second-order valence-corrected chi connectivity index (χ2v) is 7.00. The summed E-state index contributed by atoms with van der Waals surface area (Å²) in [5, 5.41) is 13.7. The van der Waals surface area contributed by atoms with E-state index < -0.39 is 0 Å². The molecule has 0 saturated carbocycles. The van der Waals surface area contributed by atoms with Crippen molar-refractivity contribution in [3.8, 4) is 22.7 Å². The Morgan fingerprint density at radius 1 is 1.04 bits per heavy atom. The highest BCUT2D eigenvalue weighted by Crippen LogP contribution is 2.26. The van der Waals surface area contributed by atoms with Crippen LogP contribution in [-0.4, -0.2) is 21.1 Å². The van der Waals surface area contributed by atoms with Crippen molar-refractivity contribution in [3.05, 3.63) is 70.4 Å². The molecule has 2 aromatic heterocycles. The highest BCUT2D eigenvalue weighted by atomic mass is 35.5. The largest absolute Gasteiger partial charge is 0.421 e. The second-order valence-electron chi connectivity index (χ2n) is 5.70. The number of carbonyl (C=O) groups is 1. The normalized spacial score (nSPS) is 10.7. The van der Waals surface area contributed by atoms with Gasteiger partial charge in [-0.05, 0) is 36.4 Å². The number of anilines is 1. The average molecular weight is 397 g/mol. The Balaban J connectivity index is 1.47. The van der Waals surface area contributed by atoms with Crippen LogP contribution in [0.15, 0.2) is 58.3 Å². The fourth-order valence-electron chi connectivity index (χ4n) is 2.43. The molecule has 27 heavy (non-hydrogen) atoms. The number of thiazole rings is 1. The molecule has 4 aromatic rings. The lowest BCUT2D eigenvalue weighted by Gasteiger charge is -2.02. The molecular weight excluding hydrogens is 384 g/mol. The number of hydrogen-bond donors (Lipinski definition) is 1. The molecule has 1 amide bonds. The lowest BCUT2D eigenvalue weighted by atomic mass is 10.1. The molecule has 0 radical (unpaired) electrons. The average Bonchev–Trinajstić information content (AvgIpc) is 3.32. The molecule has 0 bridgehead atoms. The lowest BCUT2D eigenvalue weighted by molar-refractivity contribution is 0.102. The molecule has 0 spiro atoms. The van der Waals surface area contributed by atoms with Gasteiger partial charge < -0.3 is 4.42 Å². The van der Waals surface area contributed by atoms with Crippen molar-refractivity contribution in [1.82, 2.24) is 15.2 Å². The molecule has 0 saturated heterocycles. The maximum atomic E-state index is 12.4. The third-order valence-electron chi connectivity index (χ3n) is 3.78. The lowest BCUT2D eigenvalue weighted by Crippen LogP contribution is -2.11. The number of hydrogen-bond acceptors (Lipinski definition) is 6. The minimum Gasteiger partial charge on any atom is -0.421 e. The van der Waals surface area contributed by atoms with Crippen LogP contribution in [0.4, 0.5) is 5.13 Å². The van der Waals surface area contributed by atoms with Crippen LogP contribution in [0.2, 0.25) is 5.02 Å². The van der Waals surface area contributed by atoms with E-state index in [0.717, 1.165) is 16.8 Å². The molecule has 2 heterocycles. The summed E-state index contributed by atoms with van der Waals surface area (Å²) in [6, 6.07) is 14.3. The molecule has 6 nitrogen and oxygen atoms in total. The monoisotopic (exact) mass is 396 g/mol. The minimum atomic E-state index is -0.236. The van der Waals surface area contributed by atoms with Gasteiger partial charge in [-0.15, -0.1) is 21.5 Å². The standard InChI is InChI=1S/C19H13ClN4O2S/c1-11-23-24-18(26-11)14-4-2-13(3-5-14)17(25)22-19-21-16(10-27-19)12-6-8-15(20)9-7-12/h2-10H,1H3,(H,21,22,25). The third kappa shape index (κ3) is 3.89. The van der Waals surface area contributed by atoms with Crippen molar-refractivity contribution in [1.29, 1.82) is 0 Å². The Morgan fingerprint density at radius 2 is 1.74 bits per heavy atom. The molecule has 0 fully saturated rings. The summed E-state index contributed by atoms with van der Waals surface area (Å²) in [4.78, 5) is 16.9. The van der Waals surface area contributed by atoms with Crippen molar-refractivity contribution in [3.63, 3.8) is 0 Å². The Hall–Kier alpha value is -3.03. The van der Waals surface area contributed by atoms with Gasteiger partial charge in [0.15, 0.2) is 5.13 Å². The third-order valence-corrected chi connectivity index (χ3v) is 4.79. The van der Waals surface area contributed by atoms with Gasteiger partial charge in [0.25, 0.3) is 5.91 Å². The number of aromatic nitrogens is 3. The van der Waals surface area contributed by atoms with Crippen molar-refractivity contribution in [2.24, 2.45) is 0 Å². The zero-order valence-electron chi connectivity index (χ0n) is 14.1. The summed E-state index contributed by atoms with van der Waals surface area (Å²) in [6.07, 6.45) is 0. The smallest absolute Gasteiger partial charge is 0.257 e. The quantitative estimate of drug-likeness (QED) is 0.520. The fraction of sp³-hybridized carbons (Fsp3) is 0.0526. The molecule has 134 valence electrons. The molecular formula is C19H13ClN4O2S. The van der Waals surface area contributed by atoms with E-state index >= 15 is 0 Å². The first-order chi connectivity index (χ1) is 13.1. The van der Waals surface area contributed by atoms with Crippen molar-refractivity contribution >= 4 is 34.0 Å². The Morgan fingerprint density at radius 3 is 2.41 bits per heavy atom. The number of benzene rings is 2. The Bertz CT molecular complexity index is 1090. The topological polar surface area (TPSA) is 80.9 Å². The van der Waals surface area contributed by atoms with Crippen molar-refractivity contribution < 1.29 is 9.21 Å². The Labute approximate surface area is 163 Å². The van der Waals surface area contributed by atoms with Crippen LogP contribution in [-0.2, 0) is 0 Å². The maximum absolute atomic E-state index is 12.4. The summed E-state index contributed by atoms with van der Waals surface area (Å²) < 4.78 is 5.38. The molecule has 8 heteroatoms. The molecule has 1 N–H and O–H groups in total. The minimum absolute atomic E-state index is 0.236. The van der Waals surface area contributed by atoms with Gasteiger partial charge in [0.05, 0.1) is 5.69 Å². The van der Waals surface area contributed by atoms with Crippen LogP contribution in [0, 0.1) is 6.92 Å². The fourth-order valence-corrected chi connectivity index (χ4v) is 3.27. The Kier molecular flexibility index (Phi) is 4.70. The van der Waals surface area contributed by atoms with Crippen LogP contribution in [0.3, 0.4) is 0 Å². The van der Waals surface area contributed by atoms with Gasteiger partial charge in [0.1, 0.15) is 0 Å². The number of halogens is 1. The summed E-state index contributed by atoms with van der Waals surface area (Å²) in [5.41, 5.74) is 2.99. The van der Waals surface area contributed by atoms with Gasteiger partial charge in [-0.1, -0.05) is 23.7 Å². The van der Waals surface area contributed by atoms with E-state index in [2.05, 4.69) is 20.5 Å². The predicted octanol–water partition coefficient (Wildman–Crippen LogP) is 5.07. The first-order valence-electron chi connectivity index (χ1n) is 8.02. The zero-order valence-corrected chi connectivity index (χ0v) is 15.7. The molecule has 2 aromatic carbocycles. The van der Waals surface area contributed by atoms with E-state index in [4.69, 9.17) is 16.0 Å². The molecule has 0 aliphatic rings. The van der Waals surface area contributed by atoms with E-state index in [9.17, 15) is 4.79 Å². The van der Waals surface area contributed by atoms with Crippen LogP contribution in [0.1, 0.15) is 16.2 Å². The van der Waals surface area contributed by atoms with E-state index in [1.165, 1.54) is 11.3 Å². The van der Waals surface area contributed by atoms with Crippen LogP contribution in [0.5, 0.6) is 0 Å². The highest BCUT2D eigenvalue weighted by Gasteiger charge is 2.12. The molecule has 4 rings (SSSR count). The van der Waals surface area contributed by atoms with Gasteiger partial charge in [0, 0.05) is 34.0 Å². The van der Waals surface area contributed by atoms with E-state index in [1.54, 1.807) is 43.3 Å². The summed E-state index contributed by atoms with van der Waals surface area (Å²) in [6.45, 7) is 1.73. The SMILES string of the molecule is Cc1nnc(-c2ccc(C(=O)Nc3nc(-c4ccc(Cl)cc4)cs3)cc2)o1. The van der Waals surface area contributed by atoms with Gasteiger partial charge in [-0.25, -0.2) is 4.98 Å². The van der Waals surface area contributed by atoms with Crippen LogP contribution in [0.25, 0.3) is 22.7 Å².